The molecular weight excluding hydrogens is 128 g/mol. The van der Waals surface area contributed by atoms with Crippen molar-refractivity contribution in [3.63, 3.8) is 0 Å². The third kappa shape index (κ3) is 2.93. The summed E-state index contributed by atoms with van der Waals surface area (Å²) in [5, 5.41) is 0. The normalized spacial score (nSPS) is 9.70. The molecule has 0 aliphatic rings. The molecule has 0 fully saturated rings. The first kappa shape index (κ1) is 8.77. The minimum Gasteiger partial charge on any atom is -0.466 e. The number of hydrogen-bond donors (Lipinski definition) is 0. The average Bonchev–Trinajstić information content (AvgIpc) is 1.98. The van der Waals surface area contributed by atoms with Gasteiger partial charge in [-0.2, -0.15) is 0 Å². The number of methoxy groups -OCH3 is 1. The first-order valence-electron chi connectivity index (χ1n) is 2.89. The van der Waals surface area contributed by atoms with Crippen LogP contribution >= 0.6 is 0 Å². The van der Waals surface area contributed by atoms with Crippen LogP contribution in [0.2, 0.25) is 0 Å². The van der Waals surface area contributed by atoms with E-state index >= 15 is 0 Å². The number of allylic oxidation sites excluding steroid dienone is 1. The SMILES string of the molecule is CC#C/C=C(\C)C(=O)OC. The summed E-state index contributed by atoms with van der Waals surface area (Å²) in [6, 6.07) is 0. The van der Waals surface area contributed by atoms with Gasteiger partial charge in [0.25, 0.3) is 0 Å². The molecule has 0 rings (SSSR count). The highest BCUT2D eigenvalue weighted by molar-refractivity contribution is 5.88. The van der Waals surface area contributed by atoms with Crippen LogP contribution < -0.4 is 0 Å². The van der Waals surface area contributed by atoms with E-state index in [1.807, 2.05) is 0 Å². The highest BCUT2D eigenvalue weighted by Gasteiger charge is 1.99. The number of esters is 1. The van der Waals surface area contributed by atoms with E-state index in [2.05, 4.69) is 16.6 Å². The lowest BCUT2D eigenvalue weighted by Gasteiger charge is -1.93. The molecule has 0 heterocycles. The maximum Gasteiger partial charge on any atom is 0.334 e. The van der Waals surface area contributed by atoms with Gasteiger partial charge in [0, 0.05) is 5.57 Å². The summed E-state index contributed by atoms with van der Waals surface area (Å²) in [4.78, 5) is 10.7. The Hall–Kier alpha value is -1.23. The number of rotatable bonds is 1. The zero-order valence-corrected chi connectivity index (χ0v) is 6.39. The summed E-state index contributed by atoms with van der Waals surface area (Å²) in [5.41, 5.74) is 0.525. The van der Waals surface area contributed by atoms with Gasteiger partial charge in [-0.3, -0.25) is 0 Å². The molecular formula is C8H10O2. The van der Waals surface area contributed by atoms with Crippen LogP contribution in [0, 0.1) is 11.8 Å². The van der Waals surface area contributed by atoms with Crippen molar-refractivity contribution in [1.29, 1.82) is 0 Å². The van der Waals surface area contributed by atoms with E-state index in [0.29, 0.717) is 5.57 Å². The maximum atomic E-state index is 10.7. The zero-order chi connectivity index (χ0) is 7.98. The Morgan fingerprint density at radius 2 is 2.20 bits per heavy atom. The molecule has 0 aromatic heterocycles. The van der Waals surface area contributed by atoms with E-state index in [0.717, 1.165) is 0 Å². The standard InChI is InChI=1S/C8H10O2/c1-4-5-6-7(2)8(9)10-3/h6H,1-3H3/b7-6+. The Morgan fingerprint density at radius 1 is 1.60 bits per heavy atom. The first-order chi connectivity index (χ1) is 4.72. The van der Waals surface area contributed by atoms with Gasteiger partial charge in [-0.15, -0.1) is 5.92 Å². The fraction of sp³-hybridized carbons (Fsp3) is 0.375. The van der Waals surface area contributed by atoms with Gasteiger partial charge in [0.15, 0.2) is 0 Å². The second kappa shape index (κ2) is 4.63. The van der Waals surface area contributed by atoms with Gasteiger partial charge in [-0.05, 0) is 19.9 Å². The molecule has 2 heteroatoms. The van der Waals surface area contributed by atoms with Gasteiger partial charge in [0.05, 0.1) is 7.11 Å². The summed E-state index contributed by atoms with van der Waals surface area (Å²) >= 11 is 0. The summed E-state index contributed by atoms with van der Waals surface area (Å²) in [5.74, 6) is 4.96. The van der Waals surface area contributed by atoms with Crippen LogP contribution in [0.3, 0.4) is 0 Å². The number of hydrogen-bond acceptors (Lipinski definition) is 2. The summed E-state index contributed by atoms with van der Waals surface area (Å²) in [6.07, 6.45) is 1.53. The number of ether oxygens (including phenoxy) is 1. The van der Waals surface area contributed by atoms with Crippen molar-refractivity contribution < 1.29 is 9.53 Å². The van der Waals surface area contributed by atoms with Gasteiger partial charge in [-0.1, -0.05) is 5.92 Å². The monoisotopic (exact) mass is 138 g/mol. The lowest BCUT2D eigenvalue weighted by atomic mass is 10.3. The highest BCUT2D eigenvalue weighted by Crippen LogP contribution is 1.92. The van der Waals surface area contributed by atoms with E-state index in [-0.39, 0.29) is 5.97 Å². The van der Waals surface area contributed by atoms with Crippen molar-refractivity contribution in [1.82, 2.24) is 0 Å². The molecule has 0 aliphatic heterocycles. The molecule has 0 aromatic carbocycles. The summed E-state index contributed by atoms with van der Waals surface area (Å²) < 4.78 is 4.43. The molecule has 0 spiro atoms. The summed E-state index contributed by atoms with van der Waals surface area (Å²) in [7, 11) is 1.35. The van der Waals surface area contributed by atoms with Crippen molar-refractivity contribution in [2.45, 2.75) is 13.8 Å². The number of carbonyl (C=O) groups excluding carboxylic acids is 1. The third-order valence-corrected chi connectivity index (χ3v) is 0.940. The van der Waals surface area contributed by atoms with E-state index < -0.39 is 0 Å². The maximum absolute atomic E-state index is 10.7. The first-order valence-corrected chi connectivity index (χ1v) is 2.89. The Balaban J connectivity index is 4.14. The molecule has 0 unspecified atom stereocenters. The van der Waals surface area contributed by atoms with Crippen molar-refractivity contribution in [2.24, 2.45) is 0 Å². The second-order valence-corrected chi connectivity index (χ2v) is 1.71. The van der Waals surface area contributed by atoms with Crippen molar-refractivity contribution in [2.75, 3.05) is 7.11 Å². The van der Waals surface area contributed by atoms with E-state index in [9.17, 15) is 4.79 Å². The largest absolute Gasteiger partial charge is 0.466 e. The van der Waals surface area contributed by atoms with E-state index in [1.165, 1.54) is 13.2 Å². The molecule has 54 valence electrons. The molecule has 0 bridgehead atoms. The van der Waals surface area contributed by atoms with Gasteiger partial charge < -0.3 is 4.74 Å². The Morgan fingerprint density at radius 3 is 2.60 bits per heavy atom. The molecule has 0 saturated carbocycles. The number of carbonyl (C=O) groups is 1. The van der Waals surface area contributed by atoms with E-state index in [4.69, 9.17) is 0 Å². The van der Waals surface area contributed by atoms with E-state index in [1.54, 1.807) is 13.8 Å². The van der Waals surface area contributed by atoms with Crippen LogP contribution in [0.25, 0.3) is 0 Å². The van der Waals surface area contributed by atoms with Gasteiger partial charge >= 0.3 is 5.97 Å². The lowest BCUT2D eigenvalue weighted by Crippen LogP contribution is -2.00. The Bertz CT molecular complexity index is 203. The minimum atomic E-state index is -0.331. The molecule has 0 aliphatic carbocycles. The van der Waals surface area contributed by atoms with Crippen molar-refractivity contribution in [3.8, 4) is 11.8 Å². The molecule has 10 heavy (non-hydrogen) atoms. The molecule has 0 atom stereocenters. The van der Waals surface area contributed by atoms with Crippen LogP contribution in [-0.2, 0) is 9.53 Å². The fourth-order valence-corrected chi connectivity index (χ4v) is 0.400. The predicted molar refractivity (Wildman–Crippen MR) is 39.2 cm³/mol. The highest BCUT2D eigenvalue weighted by atomic mass is 16.5. The van der Waals surface area contributed by atoms with Crippen LogP contribution in [0.4, 0.5) is 0 Å². The fourth-order valence-electron chi connectivity index (χ4n) is 0.400. The van der Waals surface area contributed by atoms with Crippen LogP contribution in [-0.4, -0.2) is 13.1 Å². The molecule has 0 N–H and O–H groups in total. The molecule has 0 amide bonds. The quantitative estimate of drug-likeness (QED) is 0.308. The van der Waals surface area contributed by atoms with Crippen molar-refractivity contribution >= 4 is 5.97 Å². The van der Waals surface area contributed by atoms with Crippen molar-refractivity contribution in [3.05, 3.63) is 11.6 Å². The average molecular weight is 138 g/mol. The Kier molecular flexibility index (Phi) is 4.06. The Labute approximate surface area is 60.9 Å². The van der Waals surface area contributed by atoms with Crippen LogP contribution in [0.5, 0.6) is 0 Å². The van der Waals surface area contributed by atoms with Crippen LogP contribution in [0.1, 0.15) is 13.8 Å². The minimum absolute atomic E-state index is 0.331. The molecule has 0 radical (unpaired) electrons. The van der Waals surface area contributed by atoms with Crippen LogP contribution in [0.15, 0.2) is 11.6 Å². The summed E-state index contributed by atoms with van der Waals surface area (Å²) in [6.45, 7) is 3.37. The zero-order valence-electron chi connectivity index (χ0n) is 6.39. The lowest BCUT2D eigenvalue weighted by molar-refractivity contribution is -0.136. The smallest absolute Gasteiger partial charge is 0.334 e. The molecule has 2 nitrogen and oxygen atoms in total. The molecule has 0 aromatic rings. The third-order valence-electron chi connectivity index (χ3n) is 0.940. The van der Waals surface area contributed by atoms with Gasteiger partial charge in [0.1, 0.15) is 0 Å². The van der Waals surface area contributed by atoms with Gasteiger partial charge in [0.2, 0.25) is 0 Å². The topological polar surface area (TPSA) is 26.3 Å². The second-order valence-electron chi connectivity index (χ2n) is 1.71. The predicted octanol–water partition coefficient (Wildman–Crippen LogP) is 1.13. The molecule has 0 saturated heterocycles. The van der Waals surface area contributed by atoms with Gasteiger partial charge in [-0.25, -0.2) is 4.79 Å².